The Labute approximate surface area is 192 Å². The van der Waals surface area contributed by atoms with E-state index in [4.69, 9.17) is 14.5 Å². The van der Waals surface area contributed by atoms with Crippen molar-refractivity contribution in [3.05, 3.63) is 54.7 Å². The first-order chi connectivity index (χ1) is 15.6. The second-order valence-electron chi connectivity index (χ2n) is 8.01. The molecule has 2 aromatic carbocycles. The van der Waals surface area contributed by atoms with Gasteiger partial charge in [0, 0.05) is 41.2 Å². The first-order valence-corrected chi connectivity index (χ1v) is 12.3. The summed E-state index contributed by atoms with van der Waals surface area (Å²) < 4.78 is 14.3. The predicted octanol–water partition coefficient (Wildman–Crippen LogP) is 4.77. The molecule has 4 bridgehead atoms. The van der Waals surface area contributed by atoms with Crippen LogP contribution in [0.4, 0.5) is 17.5 Å². The summed E-state index contributed by atoms with van der Waals surface area (Å²) >= 11 is 0. The molecule has 168 valence electrons. The Morgan fingerprint density at radius 2 is 1.97 bits per heavy atom. The molecule has 1 aliphatic rings. The summed E-state index contributed by atoms with van der Waals surface area (Å²) in [4.78, 5) is 12.5. The summed E-state index contributed by atoms with van der Waals surface area (Å²) in [7, 11) is 3.56. The zero-order valence-electron chi connectivity index (χ0n) is 18.6. The highest BCUT2D eigenvalue weighted by Gasteiger charge is 2.12. The second kappa shape index (κ2) is 10.6. The van der Waals surface area contributed by atoms with Crippen LogP contribution in [0.25, 0.3) is 11.1 Å². The summed E-state index contributed by atoms with van der Waals surface area (Å²) in [5, 5.41) is 6.79. The number of anilines is 3. The lowest BCUT2D eigenvalue weighted by Gasteiger charge is -2.14. The quantitative estimate of drug-likeness (QED) is 0.519. The fourth-order valence-corrected chi connectivity index (χ4v) is 4.66. The molecule has 1 aliphatic heterocycles. The molecular weight excluding hydrogens is 420 g/mol. The van der Waals surface area contributed by atoms with Crippen LogP contribution in [0.15, 0.2) is 59.6 Å². The van der Waals surface area contributed by atoms with Crippen molar-refractivity contribution in [3.8, 4) is 16.9 Å². The molecule has 7 nitrogen and oxygen atoms in total. The molecule has 0 radical (unpaired) electrons. The molecule has 4 rings (SSSR count). The normalized spacial score (nSPS) is 16.2. The molecule has 8 heteroatoms. The van der Waals surface area contributed by atoms with Crippen LogP contribution in [0.3, 0.4) is 0 Å². The number of rotatable bonds is 5. The van der Waals surface area contributed by atoms with Gasteiger partial charge in [0.05, 0.1) is 0 Å². The second-order valence-corrected chi connectivity index (χ2v) is 9.67. The first-order valence-electron chi connectivity index (χ1n) is 10.9. The smallest absolute Gasteiger partial charge is 0.229 e. The minimum atomic E-state index is -0.504. The summed E-state index contributed by atoms with van der Waals surface area (Å²) in [6.07, 6.45) is 3.86. The molecule has 0 aliphatic carbocycles. The van der Waals surface area contributed by atoms with Crippen molar-refractivity contribution < 1.29 is 4.74 Å². The minimum Gasteiger partial charge on any atom is -0.492 e. The lowest BCUT2D eigenvalue weighted by Crippen LogP contribution is -2.19. The van der Waals surface area contributed by atoms with Crippen LogP contribution in [-0.2, 0) is 10.7 Å². The number of likely N-dealkylation sites (N-methyl/N-ethyl adjacent to an activating group) is 1. The van der Waals surface area contributed by atoms with Crippen molar-refractivity contribution in [2.45, 2.75) is 17.7 Å². The third kappa shape index (κ3) is 5.83. The molecule has 0 saturated carbocycles. The number of hydrogen-bond donors (Lipinski definition) is 3. The van der Waals surface area contributed by atoms with Gasteiger partial charge in [0.15, 0.2) is 0 Å². The van der Waals surface area contributed by atoms with E-state index in [1.165, 1.54) is 0 Å². The Hall–Kier alpha value is -2.97. The van der Waals surface area contributed by atoms with Crippen LogP contribution in [0.2, 0.25) is 0 Å². The number of fused-ring (bicyclic) bond motifs is 4. The zero-order valence-corrected chi connectivity index (χ0v) is 19.4. The highest BCUT2D eigenvalue weighted by atomic mass is 32.2. The third-order valence-corrected chi connectivity index (χ3v) is 6.72. The molecule has 1 atom stereocenters. The van der Waals surface area contributed by atoms with Crippen LogP contribution in [0, 0.1) is 4.78 Å². The molecule has 0 fully saturated rings. The third-order valence-electron chi connectivity index (χ3n) is 5.20. The summed E-state index contributed by atoms with van der Waals surface area (Å²) in [5.41, 5.74) is 2.90. The van der Waals surface area contributed by atoms with E-state index in [9.17, 15) is 0 Å². The molecule has 0 amide bonds. The Morgan fingerprint density at radius 3 is 2.78 bits per heavy atom. The van der Waals surface area contributed by atoms with E-state index < -0.39 is 10.7 Å². The van der Waals surface area contributed by atoms with Crippen LogP contribution in [-0.4, -0.2) is 54.4 Å². The van der Waals surface area contributed by atoms with E-state index >= 15 is 0 Å². The fraction of sp³-hybridized carbons (Fsp3) is 0.333. The van der Waals surface area contributed by atoms with Crippen molar-refractivity contribution in [1.82, 2.24) is 14.9 Å². The number of hydrogen-bond acceptors (Lipinski definition) is 7. The van der Waals surface area contributed by atoms with Crippen LogP contribution in [0.5, 0.6) is 5.75 Å². The molecule has 32 heavy (non-hydrogen) atoms. The number of ether oxygens (including phenoxy) is 1. The van der Waals surface area contributed by atoms with Crippen molar-refractivity contribution in [3.63, 3.8) is 0 Å². The standard InChI is InChI=1S/C24H30N6OS/c1-30(2)13-14-31-20-10-8-18(9-11-20)22-17-27-24-28-19-6-5-7-21(16-19)32(25)15-4-3-12-26-23(22)29-24/h5-11,16-17,25H,3-4,12-15H2,1-2H3,(H2,26,27,28,29). The monoisotopic (exact) mass is 450 g/mol. The van der Waals surface area contributed by atoms with E-state index in [2.05, 4.69) is 20.5 Å². The average Bonchev–Trinajstić information content (AvgIpc) is 2.79. The van der Waals surface area contributed by atoms with Crippen molar-refractivity contribution in [2.75, 3.05) is 50.2 Å². The maximum atomic E-state index is 8.46. The molecule has 3 aromatic rings. The maximum absolute atomic E-state index is 8.46. The Bertz CT molecular complexity index is 1070. The summed E-state index contributed by atoms with van der Waals surface area (Å²) in [5.74, 6) is 3.08. The van der Waals surface area contributed by atoms with Crippen LogP contribution < -0.4 is 15.4 Å². The van der Waals surface area contributed by atoms with Crippen molar-refractivity contribution in [2.24, 2.45) is 0 Å². The van der Waals surface area contributed by atoms with E-state index in [-0.39, 0.29) is 0 Å². The summed E-state index contributed by atoms with van der Waals surface area (Å²) in [6, 6.07) is 16.1. The van der Waals surface area contributed by atoms with E-state index in [1.54, 1.807) is 0 Å². The SMILES string of the molecule is CN(C)CCOc1ccc(-c2cnc3nc2NCCCCS(=N)c2cccc(c2)N3)cc1. The number of aromatic nitrogens is 2. The minimum absolute atomic E-state index is 0.504. The Morgan fingerprint density at radius 1 is 1.12 bits per heavy atom. The van der Waals surface area contributed by atoms with Gasteiger partial charge in [-0.15, -0.1) is 0 Å². The topological polar surface area (TPSA) is 86.2 Å². The van der Waals surface area contributed by atoms with Gasteiger partial charge in [-0.25, -0.2) is 4.98 Å². The van der Waals surface area contributed by atoms with E-state index in [0.29, 0.717) is 12.6 Å². The Kier molecular flexibility index (Phi) is 7.34. The molecule has 1 aromatic heterocycles. The highest BCUT2D eigenvalue weighted by molar-refractivity contribution is 7.86. The van der Waals surface area contributed by atoms with E-state index in [1.807, 2.05) is 68.8 Å². The summed E-state index contributed by atoms with van der Waals surface area (Å²) in [6.45, 7) is 2.34. The van der Waals surface area contributed by atoms with Gasteiger partial charge in [-0.3, -0.25) is 4.78 Å². The maximum Gasteiger partial charge on any atom is 0.229 e. The predicted molar refractivity (Wildman–Crippen MR) is 132 cm³/mol. The molecule has 3 N–H and O–H groups in total. The van der Waals surface area contributed by atoms with Gasteiger partial charge in [-0.2, -0.15) is 4.98 Å². The average molecular weight is 451 g/mol. The molecule has 0 spiro atoms. The van der Waals surface area contributed by atoms with Crippen LogP contribution in [0.1, 0.15) is 12.8 Å². The van der Waals surface area contributed by atoms with Gasteiger partial charge >= 0.3 is 0 Å². The highest BCUT2D eigenvalue weighted by Crippen LogP contribution is 2.29. The lowest BCUT2D eigenvalue weighted by molar-refractivity contribution is 0.261. The van der Waals surface area contributed by atoms with Gasteiger partial charge in [-0.1, -0.05) is 28.9 Å². The largest absolute Gasteiger partial charge is 0.492 e. The molecule has 0 saturated heterocycles. The van der Waals surface area contributed by atoms with Crippen LogP contribution >= 0.6 is 0 Å². The number of nitrogens with one attached hydrogen (secondary N) is 3. The van der Waals surface area contributed by atoms with Gasteiger partial charge in [0.25, 0.3) is 0 Å². The molecule has 2 heterocycles. The van der Waals surface area contributed by atoms with E-state index in [0.717, 1.165) is 65.0 Å². The number of nitrogens with zero attached hydrogens (tertiary/aromatic N) is 3. The van der Waals surface area contributed by atoms with Crippen molar-refractivity contribution >= 4 is 28.1 Å². The molecule has 1 unspecified atom stereocenters. The van der Waals surface area contributed by atoms with Gasteiger partial charge < -0.3 is 20.3 Å². The van der Waals surface area contributed by atoms with Gasteiger partial charge in [0.1, 0.15) is 18.2 Å². The number of benzene rings is 2. The lowest BCUT2D eigenvalue weighted by atomic mass is 10.1. The fourth-order valence-electron chi connectivity index (χ4n) is 3.42. The van der Waals surface area contributed by atoms with Gasteiger partial charge in [-0.05, 0) is 62.8 Å². The molecular formula is C24H30N6OS. The first kappa shape index (κ1) is 22.2. The van der Waals surface area contributed by atoms with Gasteiger partial charge in [0.2, 0.25) is 5.95 Å². The van der Waals surface area contributed by atoms with Crippen molar-refractivity contribution in [1.29, 1.82) is 4.78 Å². The Balaban J connectivity index is 1.57. The zero-order chi connectivity index (χ0) is 22.3.